The number of carbonyl (C=O) groups excluding carboxylic acids is 1. The summed E-state index contributed by atoms with van der Waals surface area (Å²) in [5, 5.41) is 18.1. The van der Waals surface area contributed by atoms with Crippen LogP contribution in [0.4, 0.5) is 4.79 Å². The second-order valence-corrected chi connectivity index (χ2v) is 8.60. The molecule has 186 valence electrons. The van der Waals surface area contributed by atoms with Crippen LogP contribution in [0.2, 0.25) is 0 Å². The predicted molar refractivity (Wildman–Crippen MR) is 131 cm³/mol. The first-order chi connectivity index (χ1) is 17.3. The summed E-state index contributed by atoms with van der Waals surface area (Å²) < 4.78 is 27.9. The largest absolute Gasteiger partial charge is 0.492 e. The van der Waals surface area contributed by atoms with E-state index < -0.39 is 6.09 Å². The summed E-state index contributed by atoms with van der Waals surface area (Å²) in [6.45, 7) is 3.21. The fourth-order valence-corrected chi connectivity index (χ4v) is 4.02. The van der Waals surface area contributed by atoms with Crippen molar-refractivity contribution in [2.45, 2.75) is 29.9 Å². The molecule has 3 aromatic rings. The van der Waals surface area contributed by atoms with Crippen LogP contribution in [-0.2, 0) is 0 Å². The molecule has 2 aromatic carbocycles. The van der Waals surface area contributed by atoms with E-state index in [1.165, 1.54) is 32.0 Å². The van der Waals surface area contributed by atoms with E-state index in [2.05, 4.69) is 0 Å². The molecular weight excluding hydrogens is 486 g/mol. The number of amides is 1. The molecule has 0 atom stereocenters. The van der Waals surface area contributed by atoms with Crippen molar-refractivity contribution in [3.8, 4) is 35.1 Å². The third kappa shape index (κ3) is 6.01. The average molecular weight is 510 g/mol. The molecule has 0 bridgehead atoms. The maximum Gasteiger partial charge on any atom is 0.416 e. The van der Waals surface area contributed by atoms with Gasteiger partial charge in [-0.3, -0.25) is 9.69 Å². The molecule has 0 fully saturated rings. The van der Waals surface area contributed by atoms with Crippen molar-refractivity contribution in [1.82, 2.24) is 4.90 Å². The van der Waals surface area contributed by atoms with Gasteiger partial charge in [-0.1, -0.05) is 11.8 Å². The monoisotopic (exact) mass is 509 g/mol. The Bertz CT molecular complexity index is 1370. The number of nitrogens with zero attached hydrogens (tertiary/aromatic N) is 3. The van der Waals surface area contributed by atoms with Crippen LogP contribution in [0.5, 0.6) is 23.0 Å². The number of hydrogen-bond donors (Lipinski definition) is 0. The van der Waals surface area contributed by atoms with Crippen molar-refractivity contribution in [2.24, 2.45) is 0 Å². The maximum atomic E-state index is 13.0. The van der Waals surface area contributed by atoms with Crippen molar-refractivity contribution in [1.29, 1.82) is 10.5 Å². The summed E-state index contributed by atoms with van der Waals surface area (Å²) in [6.07, 6.45) is -0.951. The Kier molecular flexibility index (Phi) is 8.66. The van der Waals surface area contributed by atoms with Crippen LogP contribution in [0.25, 0.3) is 11.0 Å². The molecule has 0 aliphatic heterocycles. The van der Waals surface area contributed by atoms with Gasteiger partial charge in [0.2, 0.25) is 5.75 Å². The van der Waals surface area contributed by atoms with E-state index in [1.807, 2.05) is 26.0 Å². The molecule has 3 rings (SSSR count). The molecule has 11 heteroatoms. The van der Waals surface area contributed by atoms with E-state index >= 15 is 0 Å². The Labute approximate surface area is 211 Å². The lowest BCUT2D eigenvalue weighted by molar-refractivity contribution is 0.163. The molecule has 36 heavy (non-hydrogen) atoms. The second-order valence-electron chi connectivity index (χ2n) is 7.52. The van der Waals surface area contributed by atoms with E-state index in [-0.39, 0.29) is 47.1 Å². The highest BCUT2D eigenvalue weighted by Crippen LogP contribution is 2.43. The van der Waals surface area contributed by atoms with Crippen LogP contribution in [0.3, 0.4) is 0 Å². The number of ether oxygens (including phenoxy) is 4. The Hall–Kier alpha value is -4.35. The van der Waals surface area contributed by atoms with Crippen molar-refractivity contribution in [3.63, 3.8) is 0 Å². The van der Waals surface area contributed by atoms with Gasteiger partial charge in [-0.25, -0.2) is 4.79 Å². The summed E-state index contributed by atoms with van der Waals surface area (Å²) in [7, 11) is 2.90. The first-order valence-corrected chi connectivity index (χ1v) is 11.5. The van der Waals surface area contributed by atoms with E-state index in [9.17, 15) is 9.59 Å². The number of fused-ring (bicyclic) bond motifs is 1. The SMILES string of the molecule is COc1c(OC(C)C)cc2oc(Sc3ccc(OC(=O)N(CC#N)CC#N)cc3)cc(=O)c2c1OC. The van der Waals surface area contributed by atoms with Crippen molar-refractivity contribution < 1.29 is 28.2 Å². The van der Waals surface area contributed by atoms with Crippen molar-refractivity contribution in [2.75, 3.05) is 27.3 Å². The van der Waals surface area contributed by atoms with E-state index in [0.717, 1.165) is 4.90 Å². The van der Waals surface area contributed by atoms with Crippen LogP contribution in [0.15, 0.2) is 55.6 Å². The maximum absolute atomic E-state index is 13.0. The number of carbonyl (C=O) groups is 1. The van der Waals surface area contributed by atoms with Crippen LogP contribution in [0.1, 0.15) is 13.8 Å². The molecule has 0 N–H and O–H groups in total. The van der Waals surface area contributed by atoms with Gasteiger partial charge in [-0.2, -0.15) is 10.5 Å². The molecule has 0 aliphatic rings. The van der Waals surface area contributed by atoms with Crippen LogP contribution in [0, 0.1) is 22.7 Å². The first-order valence-electron chi connectivity index (χ1n) is 10.7. The predicted octanol–water partition coefficient (Wildman–Crippen LogP) is 4.60. The number of hydrogen-bond acceptors (Lipinski definition) is 10. The fraction of sp³-hybridized carbons (Fsp3) is 0.280. The summed E-state index contributed by atoms with van der Waals surface area (Å²) >= 11 is 1.19. The van der Waals surface area contributed by atoms with Gasteiger partial charge in [0.15, 0.2) is 22.0 Å². The van der Waals surface area contributed by atoms with E-state index in [4.69, 9.17) is 33.9 Å². The van der Waals surface area contributed by atoms with Crippen molar-refractivity contribution in [3.05, 3.63) is 46.6 Å². The lowest BCUT2D eigenvalue weighted by atomic mass is 10.1. The summed E-state index contributed by atoms with van der Waals surface area (Å²) in [6, 6.07) is 13.0. The molecular formula is C25H23N3O7S. The highest BCUT2D eigenvalue weighted by molar-refractivity contribution is 7.99. The molecule has 0 spiro atoms. The highest BCUT2D eigenvalue weighted by atomic mass is 32.2. The van der Waals surface area contributed by atoms with Gasteiger partial charge in [-0.15, -0.1) is 0 Å². The highest BCUT2D eigenvalue weighted by Gasteiger charge is 2.22. The quantitative estimate of drug-likeness (QED) is 0.377. The van der Waals surface area contributed by atoms with Gasteiger partial charge in [-0.05, 0) is 38.1 Å². The number of nitriles is 2. The molecule has 0 aliphatic carbocycles. The molecule has 1 aromatic heterocycles. The number of rotatable bonds is 9. The minimum atomic E-state index is -0.803. The minimum absolute atomic E-state index is 0.148. The van der Waals surface area contributed by atoms with Gasteiger partial charge in [0.1, 0.15) is 29.8 Å². The summed E-state index contributed by atoms with van der Waals surface area (Å²) in [5.74, 6) is 1.15. The molecule has 0 saturated heterocycles. The third-order valence-corrected chi connectivity index (χ3v) is 5.58. The average Bonchev–Trinajstić information content (AvgIpc) is 2.83. The zero-order valence-electron chi connectivity index (χ0n) is 20.1. The molecule has 1 amide bonds. The van der Waals surface area contributed by atoms with Gasteiger partial charge in [0.25, 0.3) is 0 Å². The number of benzene rings is 2. The van der Waals surface area contributed by atoms with Gasteiger partial charge >= 0.3 is 6.09 Å². The van der Waals surface area contributed by atoms with Gasteiger partial charge in [0.05, 0.1) is 32.5 Å². The lowest BCUT2D eigenvalue weighted by Gasteiger charge is -2.17. The molecule has 0 saturated carbocycles. The zero-order valence-corrected chi connectivity index (χ0v) is 20.9. The smallest absolute Gasteiger partial charge is 0.416 e. The Morgan fingerprint density at radius 1 is 1.06 bits per heavy atom. The molecule has 10 nitrogen and oxygen atoms in total. The fourth-order valence-electron chi connectivity index (χ4n) is 3.22. The van der Waals surface area contributed by atoms with Crippen LogP contribution in [-0.4, -0.2) is 44.4 Å². The van der Waals surface area contributed by atoms with Crippen molar-refractivity contribution >= 4 is 28.8 Å². The zero-order chi connectivity index (χ0) is 26.2. The topological polar surface area (TPSA) is 135 Å². The Balaban J connectivity index is 1.87. The lowest BCUT2D eigenvalue weighted by Crippen LogP contribution is -2.34. The summed E-state index contributed by atoms with van der Waals surface area (Å²) in [4.78, 5) is 26.8. The standard InChI is InChI=1S/C25H23N3O7S/c1-15(2)33-20-14-19-22(24(32-4)23(20)31-3)18(29)13-21(35-19)36-17-7-5-16(6-8-17)34-25(30)28(11-9-26)12-10-27/h5-8,13-15H,11-12H2,1-4H3. The minimum Gasteiger partial charge on any atom is -0.492 e. The van der Waals surface area contributed by atoms with Gasteiger partial charge < -0.3 is 23.4 Å². The molecule has 0 unspecified atom stereocenters. The Morgan fingerprint density at radius 2 is 1.69 bits per heavy atom. The second kappa shape index (κ2) is 11.9. The van der Waals surface area contributed by atoms with Crippen LogP contribution < -0.4 is 24.4 Å². The molecule has 0 radical (unpaired) electrons. The van der Waals surface area contributed by atoms with E-state index in [1.54, 1.807) is 30.3 Å². The summed E-state index contributed by atoms with van der Waals surface area (Å²) in [5.41, 5.74) is -0.0375. The van der Waals surface area contributed by atoms with Gasteiger partial charge in [0, 0.05) is 17.0 Å². The van der Waals surface area contributed by atoms with E-state index in [0.29, 0.717) is 21.5 Å². The van der Waals surface area contributed by atoms with Crippen LogP contribution >= 0.6 is 11.8 Å². The first kappa shape index (κ1) is 26.3. The third-order valence-electron chi connectivity index (χ3n) is 4.67. The Morgan fingerprint density at radius 3 is 2.25 bits per heavy atom. The number of methoxy groups -OCH3 is 2. The normalized spacial score (nSPS) is 10.4. The molecule has 1 heterocycles.